The average molecular weight is 274 g/mol. The Hall–Kier alpha value is -0.860. The van der Waals surface area contributed by atoms with Gasteiger partial charge in [0.25, 0.3) is 0 Å². The highest BCUT2D eigenvalue weighted by Gasteiger charge is 2.29. The van der Waals surface area contributed by atoms with E-state index in [0.717, 1.165) is 5.92 Å². The molecule has 112 valence electrons. The molecule has 0 saturated carbocycles. The minimum absolute atomic E-state index is 0.462. The van der Waals surface area contributed by atoms with Gasteiger partial charge in [0.05, 0.1) is 0 Å². The molecule has 0 fully saturated rings. The molecule has 2 atom stereocenters. The van der Waals surface area contributed by atoms with Gasteiger partial charge in [0.2, 0.25) is 0 Å². The maximum atomic E-state index is 5.87. The monoisotopic (exact) mass is 274 g/mol. The average Bonchev–Trinajstić information content (AvgIpc) is 2.91. The van der Waals surface area contributed by atoms with Gasteiger partial charge in [-0.1, -0.05) is 63.8 Å². The highest BCUT2D eigenvalue weighted by Crippen LogP contribution is 2.31. The molecule has 2 rings (SSSR count). The van der Waals surface area contributed by atoms with Crippen LogP contribution in [0.3, 0.4) is 0 Å². The number of hydrogen-bond acceptors (Lipinski definition) is 2. The Labute approximate surface area is 124 Å². The van der Waals surface area contributed by atoms with Crippen molar-refractivity contribution < 1.29 is 0 Å². The van der Waals surface area contributed by atoms with Gasteiger partial charge < -0.3 is 0 Å². The van der Waals surface area contributed by atoms with E-state index in [1.54, 1.807) is 0 Å². The largest absolute Gasteiger partial charge is 0.271 e. The van der Waals surface area contributed by atoms with Crippen LogP contribution in [-0.2, 0) is 12.8 Å². The maximum Gasteiger partial charge on any atom is 0.0247 e. The second-order valence-electron chi connectivity index (χ2n) is 6.36. The van der Waals surface area contributed by atoms with Gasteiger partial charge in [0.1, 0.15) is 0 Å². The van der Waals surface area contributed by atoms with Crippen LogP contribution in [0.4, 0.5) is 0 Å². The van der Waals surface area contributed by atoms with Crippen molar-refractivity contribution in [2.75, 3.05) is 0 Å². The van der Waals surface area contributed by atoms with Crippen LogP contribution < -0.4 is 11.3 Å². The highest BCUT2D eigenvalue weighted by atomic mass is 15.2. The summed E-state index contributed by atoms with van der Waals surface area (Å²) in [5.41, 5.74) is 6.17. The van der Waals surface area contributed by atoms with Crippen molar-refractivity contribution in [3.05, 3.63) is 35.4 Å². The van der Waals surface area contributed by atoms with Crippen molar-refractivity contribution in [2.24, 2.45) is 17.7 Å². The predicted octanol–water partition coefficient (Wildman–Crippen LogP) is 3.84. The van der Waals surface area contributed by atoms with E-state index in [0.29, 0.717) is 12.0 Å². The van der Waals surface area contributed by atoms with Crippen molar-refractivity contribution in [1.82, 2.24) is 5.43 Å². The molecule has 1 aliphatic rings. The number of benzene rings is 1. The van der Waals surface area contributed by atoms with E-state index in [4.69, 9.17) is 5.84 Å². The Morgan fingerprint density at radius 1 is 1.20 bits per heavy atom. The molecular formula is C18H30N2. The highest BCUT2D eigenvalue weighted by molar-refractivity contribution is 5.32. The second-order valence-corrected chi connectivity index (χ2v) is 6.36. The fourth-order valence-corrected chi connectivity index (χ4v) is 3.61. The van der Waals surface area contributed by atoms with Crippen LogP contribution >= 0.6 is 0 Å². The van der Waals surface area contributed by atoms with E-state index in [2.05, 4.69) is 43.5 Å². The Morgan fingerprint density at radius 3 is 2.35 bits per heavy atom. The van der Waals surface area contributed by atoms with Crippen LogP contribution in [0.15, 0.2) is 24.3 Å². The van der Waals surface area contributed by atoms with E-state index >= 15 is 0 Å². The molecular weight excluding hydrogens is 244 g/mol. The summed E-state index contributed by atoms with van der Waals surface area (Å²) in [6.45, 7) is 4.59. The van der Waals surface area contributed by atoms with Gasteiger partial charge in [-0.05, 0) is 42.2 Å². The summed E-state index contributed by atoms with van der Waals surface area (Å²) in [4.78, 5) is 0. The summed E-state index contributed by atoms with van der Waals surface area (Å²) in [6.07, 6.45) is 8.88. The Bertz CT molecular complexity index is 377. The second kappa shape index (κ2) is 7.80. The summed E-state index contributed by atoms with van der Waals surface area (Å²) in [6, 6.07) is 9.32. The third kappa shape index (κ3) is 3.83. The molecule has 3 N–H and O–H groups in total. The minimum Gasteiger partial charge on any atom is -0.271 e. The van der Waals surface area contributed by atoms with Crippen molar-refractivity contribution >= 4 is 0 Å². The fourth-order valence-electron chi connectivity index (χ4n) is 3.61. The molecule has 0 bridgehead atoms. The molecule has 1 aromatic rings. The summed E-state index contributed by atoms with van der Waals surface area (Å²) >= 11 is 0. The van der Waals surface area contributed by atoms with Crippen molar-refractivity contribution in [3.63, 3.8) is 0 Å². The van der Waals surface area contributed by atoms with E-state index < -0.39 is 0 Å². The van der Waals surface area contributed by atoms with Crippen LogP contribution in [-0.4, -0.2) is 6.04 Å². The minimum atomic E-state index is 0.462. The zero-order valence-electron chi connectivity index (χ0n) is 13.1. The zero-order chi connectivity index (χ0) is 14.4. The normalized spacial score (nSPS) is 17.9. The predicted molar refractivity (Wildman–Crippen MR) is 86.4 cm³/mol. The molecule has 0 aromatic heterocycles. The van der Waals surface area contributed by atoms with Crippen molar-refractivity contribution in [3.8, 4) is 0 Å². The molecule has 0 heterocycles. The van der Waals surface area contributed by atoms with Crippen molar-refractivity contribution in [2.45, 2.75) is 64.8 Å². The van der Waals surface area contributed by atoms with Gasteiger partial charge in [0.15, 0.2) is 0 Å². The smallest absolute Gasteiger partial charge is 0.0247 e. The SMILES string of the molecule is CCCCC(CC)CC(NN)C1Cc2ccccc2C1. The number of nitrogens with one attached hydrogen (secondary N) is 1. The summed E-state index contributed by atoms with van der Waals surface area (Å²) in [5, 5.41) is 0. The Balaban J connectivity index is 1.93. The molecule has 2 nitrogen and oxygen atoms in total. The fraction of sp³-hybridized carbons (Fsp3) is 0.667. The van der Waals surface area contributed by atoms with E-state index in [1.807, 2.05) is 0 Å². The lowest BCUT2D eigenvalue weighted by Gasteiger charge is -2.27. The van der Waals surface area contributed by atoms with Gasteiger partial charge in [0, 0.05) is 6.04 Å². The zero-order valence-corrected chi connectivity index (χ0v) is 13.1. The van der Waals surface area contributed by atoms with Crippen molar-refractivity contribution in [1.29, 1.82) is 0 Å². The Morgan fingerprint density at radius 2 is 1.85 bits per heavy atom. The molecule has 1 aliphatic carbocycles. The standard InChI is InChI=1S/C18H30N2/c1-3-5-8-14(4-2)11-18(20-19)17-12-15-9-6-7-10-16(15)13-17/h6-7,9-10,14,17-18,20H,3-5,8,11-13,19H2,1-2H3. The first kappa shape index (κ1) is 15.5. The topological polar surface area (TPSA) is 38.0 Å². The van der Waals surface area contributed by atoms with E-state index in [9.17, 15) is 0 Å². The third-order valence-corrected chi connectivity index (χ3v) is 5.00. The van der Waals surface area contributed by atoms with E-state index in [-0.39, 0.29) is 0 Å². The van der Waals surface area contributed by atoms with E-state index in [1.165, 1.54) is 56.1 Å². The molecule has 0 amide bonds. The van der Waals surface area contributed by atoms with Gasteiger partial charge >= 0.3 is 0 Å². The number of hydrazine groups is 1. The molecule has 2 unspecified atom stereocenters. The van der Waals surface area contributed by atoms with Gasteiger partial charge in [-0.15, -0.1) is 0 Å². The number of nitrogens with two attached hydrogens (primary N) is 1. The first-order valence-electron chi connectivity index (χ1n) is 8.31. The lowest BCUT2D eigenvalue weighted by molar-refractivity contribution is 0.282. The summed E-state index contributed by atoms with van der Waals surface area (Å²) in [5.74, 6) is 7.36. The van der Waals surface area contributed by atoms with Crippen LogP contribution in [0, 0.1) is 11.8 Å². The molecule has 0 aliphatic heterocycles. The maximum absolute atomic E-state index is 5.87. The molecule has 0 spiro atoms. The lowest BCUT2D eigenvalue weighted by Crippen LogP contribution is -2.42. The van der Waals surface area contributed by atoms with Gasteiger partial charge in [-0.25, -0.2) is 0 Å². The lowest BCUT2D eigenvalue weighted by atomic mass is 9.85. The molecule has 2 heteroatoms. The van der Waals surface area contributed by atoms with Gasteiger partial charge in [-0.3, -0.25) is 11.3 Å². The number of unbranched alkanes of at least 4 members (excludes halogenated alkanes) is 1. The molecule has 20 heavy (non-hydrogen) atoms. The molecule has 0 saturated heterocycles. The Kier molecular flexibility index (Phi) is 6.06. The third-order valence-electron chi connectivity index (χ3n) is 5.00. The number of fused-ring (bicyclic) bond motifs is 1. The summed E-state index contributed by atoms with van der Waals surface area (Å²) in [7, 11) is 0. The first-order chi connectivity index (χ1) is 9.78. The van der Waals surface area contributed by atoms with Crippen LogP contribution in [0.25, 0.3) is 0 Å². The number of hydrogen-bond donors (Lipinski definition) is 2. The quantitative estimate of drug-likeness (QED) is 0.558. The van der Waals surface area contributed by atoms with Crippen LogP contribution in [0.1, 0.15) is 57.1 Å². The van der Waals surface area contributed by atoms with Crippen LogP contribution in [0.2, 0.25) is 0 Å². The van der Waals surface area contributed by atoms with Gasteiger partial charge in [-0.2, -0.15) is 0 Å². The first-order valence-corrected chi connectivity index (χ1v) is 8.31. The summed E-state index contributed by atoms with van der Waals surface area (Å²) < 4.78 is 0. The number of rotatable bonds is 8. The van der Waals surface area contributed by atoms with Crippen LogP contribution in [0.5, 0.6) is 0 Å². The molecule has 1 aromatic carbocycles. The molecule has 0 radical (unpaired) electrons.